The highest BCUT2D eigenvalue weighted by Crippen LogP contribution is 1.27. The van der Waals surface area contributed by atoms with Crippen molar-refractivity contribution in [3.8, 4) is 0 Å². The van der Waals surface area contributed by atoms with Crippen molar-refractivity contribution in [2.45, 2.75) is 0 Å². The molecule has 0 saturated carbocycles. The van der Waals surface area contributed by atoms with Crippen LogP contribution in [0.2, 0.25) is 0 Å². The molecule has 40 valence electrons. The van der Waals surface area contributed by atoms with E-state index in [0.717, 1.165) is 0 Å². The molecular formula is H7NO4Si. The second kappa shape index (κ2) is 8.82. The van der Waals surface area contributed by atoms with Crippen LogP contribution < -0.4 is 6.15 Å². The normalized spacial score (nSPS) is 4.00. The van der Waals surface area contributed by atoms with Crippen molar-refractivity contribution in [3.63, 3.8) is 0 Å². The van der Waals surface area contributed by atoms with E-state index in [4.69, 9.17) is 14.1 Å². The van der Waals surface area contributed by atoms with E-state index >= 15 is 0 Å². The fraction of sp³-hybridized carbons (Fsp3) is 0. The predicted octanol–water partition coefficient (Wildman–Crippen LogP) is -2.28. The zero-order valence-corrected chi connectivity index (χ0v) is 4.01. The SMILES string of the molecule is N.O.O=[Si](O)O. The maximum Gasteiger partial charge on any atom is 0.761 e. The number of hydrogen-bond acceptors (Lipinski definition) is 2. The smallest absolute Gasteiger partial charge is 0.511 e. The minimum absolute atomic E-state index is 0. The van der Waals surface area contributed by atoms with E-state index in [-0.39, 0.29) is 11.6 Å². The van der Waals surface area contributed by atoms with Crippen molar-refractivity contribution in [2.75, 3.05) is 0 Å². The third-order valence-electron chi connectivity index (χ3n) is 0. The van der Waals surface area contributed by atoms with Gasteiger partial charge in [-0.1, -0.05) is 0 Å². The summed E-state index contributed by atoms with van der Waals surface area (Å²) in [5.74, 6) is 0. The van der Waals surface area contributed by atoms with Crippen LogP contribution in [-0.4, -0.2) is 24.2 Å². The van der Waals surface area contributed by atoms with E-state index in [1.807, 2.05) is 0 Å². The third-order valence-corrected chi connectivity index (χ3v) is 0. The first-order valence-corrected chi connectivity index (χ1v) is 1.95. The highest BCUT2D eigenvalue weighted by molar-refractivity contribution is 6.22. The summed E-state index contributed by atoms with van der Waals surface area (Å²) in [6.07, 6.45) is 0. The average Bonchev–Trinajstić information content (AvgIpc) is 0.811. The quantitative estimate of drug-likeness (QED) is 0.306. The number of rotatable bonds is 0. The highest BCUT2D eigenvalue weighted by atomic mass is 28.3. The molecule has 6 heteroatoms. The van der Waals surface area contributed by atoms with Crippen LogP contribution in [0.1, 0.15) is 0 Å². The van der Waals surface area contributed by atoms with Crippen LogP contribution in [0.3, 0.4) is 0 Å². The zero-order chi connectivity index (χ0) is 3.58. The molecule has 0 saturated heterocycles. The van der Waals surface area contributed by atoms with Gasteiger partial charge in [0.05, 0.1) is 0 Å². The minimum Gasteiger partial charge on any atom is -0.511 e. The minimum atomic E-state index is -3.13. The summed E-state index contributed by atoms with van der Waals surface area (Å²) in [6.45, 7) is 0. The molecule has 0 aliphatic rings. The molecule has 0 aliphatic heterocycles. The molecule has 0 unspecified atom stereocenters. The topological polar surface area (TPSA) is 124 Å². The van der Waals surface area contributed by atoms with Crippen LogP contribution >= 0.6 is 0 Å². The molecule has 0 aromatic heterocycles. The standard InChI is InChI=1S/H3N.H2O3Si.H2O/c;1-4(2)3;/h1H3;1-2H;1H2. The molecule has 0 atom stereocenters. The second-order valence-electron chi connectivity index (χ2n) is 0.283. The van der Waals surface area contributed by atoms with E-state index < -0.39 is 9.17 Å². The van der Waals surface area contributed by atoms with Gasteiger partial charge in [-0.05, 0) is 0 Å². The molecule has 0 radical (unpaired) electrons. The summed E-state index contributed by atoms with van der Waals surface area (Å²) in [4.78, 5) is 14.3. The Morgan fingerprint density at radius 2 is 1.33 bits per heavy atom. The lowest BCUT2D eigenvalue weighted by molar-refractivity contribution is 0.330. The van der Waals surface area contributed by atoms with Crippen LogP contribution in [0.15, 0.2) is 0 Å². The van der Waals surface area contributed by atoms with Crippen LogP contribution in [0.4, 0.5) is 0 Å². The fourth-order valence-electron chi connectivity index (χ4n) is 0. The molecule has 0 aromatic carbocycles. The Hall–Kier alpha value is -0.463. The molecule has 7 N–H and O–H groups in total. The maximum absolute atomic E-state index is 8.74. The second-order valence-corrected chi connectivity index (χ2v) is 0.848. The van der Waals surface area contributed by atoms with Gasteiger partial charge in [0.1, 0.15) is 0 Å². The van der Waals surface area contributed by atoms with Crippen molar-refractivity contribution in [3.05, 3.63) is 0 Å². The fourth-order valence-corrected chi connectivity index (χ4v) is 0. The van der Waals surface area contributed by atoms with Gasteiger partial charge < -0.3 is 21.2 Å². The predicted molar refractivity (Wildman–Crippen MR) is 19.5 cm³/mol. The summed E-state index contributed by atoms with van der Waals surface area (Å²) < 4.78 is 8.74. The van der Waals surface area contributed by atoms with Crippen LogP contribution in [0, 0.1) is 0 Å². The molecule has 5 nitrogen and oxygen atoms in total. The Kier molecular flexibility index (Phi) is 26.0. The van der Waals surface area contributed by atoms with Crippen molar-refractivity contribution in [2.24, 2.45) is 0 Å². The van der Waals surface area contributed by atoms with Gasteiger partial charge in [-0.15, -0.1) is 0 Å². The van der Waals surface area contributed by atoms with Gasteiger partial charge in [0.25, 0.3) is 0 Å². The van der Waals surface area contributed by atoms with Gasteiger partial charge in [-0.3, -0.25) is 4.46 Å². The molecule has 0 heterocycles. The van der Waals surface area contributed by atoms with Crippen LogP contribution in [-0.2, 0) is 4.46 Å². The largest absolute Gasteiger partial charge is 0.761 e. The molecule has 0 rings (SSSR count). The van der Waals surface area contributed by atoms with Crippen LogP contribution in [0.25, 0.3) is 0 Å². The first kappa shape index (κ1) is 17.7. The monoisotopic (exact) mass is 113 g/mol. The van der Waals surface area contributed by atoms with Crippen molar-refractivity contribution < 1.29 is 19.5 Å². The van der Waals surface area contributed by atoms with E-state index in [1.54, 1.807) is 0 Å². The zero-order valence-electron chi connectivity index (χ0n) is 3.01. The van der Waals surface area contributed by atoms with Gasteiger partial charge in [0, 0.05) is 0 Å². The van der Waals surface area contributed by atoms with E-state index in [1.165, 1.54) is 0 Å². The lowest BCUT2D eigenvalue weighted by atomic mass is 14.0. The van der Waals surface area contributed by atoms with E-state index in [2.05, 4.69) is 0 Å². The average molecular weight is 113 g/mol. The summed E-state index contributed by atoms with van der Waals surface area (Å²) in [5.41, 5.74) is 0. The van der Waals surface area contributed by atoms with Gasteiger partial charge >= 0.3 is 9.17 Å². The van der Waals surface area contributed by atoms with Gasteiger partial charge in [0.15, 0.2) is 0 Å². The van der Waals surface area contributed by atoms with E-state index in [9.17, 15) is 0 Å². The first-order valence-electron chi connectivity index (χ1n) is 0.651. The Morgan fingerprint density at radius 1 is 1.33 bits per heavy atom. The Labute approximate surface area is 36.0 Å². The molecule has 0 amide bonds. The summed E-state index contributed by atoms with van der Waals surface area (Å²) in [6, 6.07) is 0. The molecule has 6 heavy (non-hydrogen) atoms. The third kappa shape index (κ3) is 106. The van der Waals surface area contributed by atoms with Gasteiger partial charge in [-0.25, -0.2) is 0 Å². The summed E-state index contributed by atoms with van der Waals surface area (Å²) in [5, 5.41) is 0. The highest BCUT2D eigenvalue weighted by Gasteiger charge is 1.85. The Balaban J connectivity index is -0.0000000450. The van der Waals surface area contributed by atoms with Gasteiger partial charge in [0.2, 0.25) is 0 Å². The maximum atomic E-state index is 8.74. The summed E-state index contributed by atoms with van der Waals surface area (Å²) in [7, 11) is -3.13. The van der Waals surface area contributed by atoms with Crippen molar-refractivity contribution in [1.82, 2.24) is 6.15 Å². The molecular weight excluding hydrogens is 106 g/mol. The lowest BCUT2D eigenvalue weighted by Gasteiger charge is -1.55. The van der Waals surface area contributed by atoms with Gasteiger partial charge in [-0.2, -0.15) is 0 Å². The molecule has 0 spiro atoms. The van der Waals surface area contributed by atoms with Crippen molar-refractivity contribution >= 4 is 9.17 Å². The van der Waals surface area contributed by atoms with Crippen LogP contribution in [0.5, 0.6) is 0 Å². The lowest BCUT2D eigenvalue weighted by Crippen LogP contribution is -1.90. The van der Waals surface area contributed by atoms with Crippen molar-refractivity contribution in [1.29, 1.82) is 0 Å². The first-order chi connectivity index (χ1) is 1.73. The molecule has 0 aromatic rings. The number of hydrogen-bond donors (Lipinski definition) is 3. The summed E-state index contributed by atoms with van der Waals surface area (Å²) >= 11 is 0. The Morgan fingerprint density at radius 3 is 1.33 bits per heavy atom. The molecule has 0 aliphatic carbocycles. The molecule has 0 fully saturated rings. The molecule has 0 bridgehead atoms. The Bertz CT molecular complexity index is 30.5. The van der Waals surface area contributed by atoms with E-state index in [0.29, 0.717) is 0 Å².